The Morgan fingerprint density at radius 2 is 2.09 bits per heavy atom. The summed E-state index contributed by atoms with van der Waals surface area (Å²) in [7, 11) is 1.20. The van der Waals surface area contributed by atoms with Gasteiger partial charge < -0.3 is 9.15 Å². The van der Waals surface area contributed by atoms with Crippen molar-refractivity contribution in [3.63, 3.8) is 0 Å². The molecule has 1 aromatic carbocycles. The molecule has 8 heteroatoms. The molecule has 0 aliphatic rings. The van der Waals surface area contributed by atoms with Crippen molar-refractivity contribution in [3.8, 4) is 0 Å². The molecule has 3 aromatic rings. The fraction of sp³-hybridized carbons (Fsp3) is 0.200. The van der Waals surface area contributed by atoms with Gasteiger partial charge >= 0.3 is 6.09 Å². The van der Waals surface area contributed by atoms with Crippen molar-refractivity contribution in [1.82, 2.24) is 15.3 Å². The SMILES string of the molecule is COC(=O)NC(=O)[C@H](C)Sc1ncnc2c1oc1ccccc12. The molecule has 0 saturated carbocycles. The van der Waals surface area contributed by atoms with Crippen molar-refractivity contribution in [2.45, 2.75) is 17.2 Å². The number of nitrogens with zero attached hydrogens (tertiary/aromatic N) is 2. The van der Waals surface area contributed by atoms with Crippen LogP contribution >= 0.6 is 11.8 Å². The molecule has 0 saturated heterocycles. The topological polar surface area (TPSA) is 94.3 Å². The van der Waals surface area contributed by atoms with Crippen molar-refractivity contribution >= 4 is 45.8 Å². The Labute approximate surface area is 135 Å². The third-order valence-electron chi connectivity index (χ3n) is 3.19. The predicted molar refractivity (Wildman–Crippen MR) is 85.2 cm³/mol. The van der Waals surface area contributed by atoms with Gasteiger partial charge in [-0.3, -0.25) is 10.1 Å². The zero-order chi connectivity index (χ0) is 16.4. The summed E-state index contributed by atoms with van der Waals surface area (Å²) in [5.74, 6) is -0.468. The van der Waals surface area contributed by atoms with Crippen molar-refractivity contribution in [3.05, 3.63) is 30.6 Å². The third kappa shape index (κ3) is 2.98. The lowest BCUT2D eigenvalue weighted by molar-refractivity contribution is -0.119. The number of benzene rings is 1. The molecule has 1 N–H and O–H groups in total. The van der Waals surface area contributed by atoms with Gasteiger partial charge in [0.2, 0.25) is 5.91 Å². The van der Waals surface area contributed by atoms with Gasteiger partial charge in [0.05, 0.1) is 12.4 Å². The number of alkyl carbamates (subject to hydrolysis) is 1. The molecule has 118 valence electrons. The van der Waals surface area contributed by atoms with Crippen LogP contribution in [0.15, 0.2) is 40.0 Å². The number of carbonyl (C=O) groups is 2. The van der Waals surface area contributed by atoms with E-state index in [1.54, 1.807) is 6.92 Å². The van der Waals surface area contributed by atoms with E-state index >= 15 is 0 Å². The second kappa shape index (κ2) is 6.25. The number of furan rings is 1. The summed E-state index contributed by atoms with van der Waals surface area (Å²) >= 11 is 1.18. The zero-order valence-corrected chi connectivity index (χ0v) is 13.2. The number of carbonyl (C=O) groups excluding carboxylic acids is 2. The normalized spacial score (nSPS) is 12.3. The smallest absolute Gasteiger partial charge is 0.413 e. The van der Waals surface area contributed by atoms with Gasteiger partial charge in [0.15, 0.2) is 5.58 Å². The molecule has 2 aromatic heterocycles. The van der Waals surface area contributed by atoms with E-state index in [2.05, 4.69) is 20.0 Å². The van der Waals surface area contributed by atoms with Gasteiger partial charge in [0, 0.05) is 5.39 Å². The molecule has 0 fully saturated rings. The molecule has 3 rings (SSSR count). The number of nitrogens with one attached hydrogen (secondary N) is 1. The zero-order valence-electron chi connectivity index (χ0n) is 12.4. The van der Waals surface area contributed by atoms with E-state index in [0.717, 1.165) is 5.39 Å². The number of ether oxygens (including phenoxy) is 1. The number of thioether (sulfide) groups is 1. The van der Waals surface area contributed by atoms with Crippen LogP contribution in [0.2, 0.25) is 0 Å². The first-order valence-electron chi connectivity index (χ1n) is 6.78. The Morgan fingerprint density at radius 3 is 2.87 bits per heavy atom. The number of hydrogen-bond donors (Lipinski definition) is 1. The van der Waals surface area contributed by atoms with Gasteiger partial charge in [0.1, 0.15) is 22.5 Å². The predicted octanol–water partition coefficient (Wildman–Crippen LogP) is 2.74. The van der Waals surface area contributed by atoms with E-state index in [1.165, 1.54) is 25.2 Å². The molecule has 0 spiro atoms. The Morgan fingerprint density at radius 1 is 1.30 bits per heavy atom. The van der Waals surface area contributed by atoms with Crippen molar-refractivity contribution in [2.75, 3.05) is 7.11 Å². The maximum atomic E-state index is 11.9. The van der Waals surface area contributed by atoms with Crippen LogP contribution in [-0.2, 0) is 9.53 Å². The molecular formula is C15H13N3O4S. The second-order valence-electron chi connectivity index (χ2n) is 4.70. The molecule has 7 nitrogen and oxygen atoms in total. The molecular weight excluding hydrogens is 318 g/mol. The van der Waals surface area contributed by atoms with Gasteiger partial charge in [-0.1, -0.05) is 23.9 Å². The van der Waals surface area contributed by atoms with E-state index in [-0.39, 0.29) is 0 Å². The van der Waals surface area contributed by atoms with E-state index in [9.17, 15) is 9.59 Å². The number of methoxy groups -OCH3 is 1. The number of amides is 2. The highest BCUT2D eigenvalue weighted by molar-refractivity contribution is 8.00. The van der Waals surface area contributed by atoms with Crippen molar-refractivity contribution in [1.29, 1.82) is 0 Å². The molecule has 0 aliphatic carbocycles. The van der Waals surface area contributed by atoms with E-state index < -0.39 is 17.3 Å². The molecule has 23 heavy (non-hydrogen) atoms. The van der Waals surface area contributed by atoms with Gasteiger partial charge in [0.25, 0.3) is 0 Å². The molecule has 2 amide bonds. The lowest BCUT2D eigenvalue weighted by atomic mass is 10.2. The summed E-state index contributed by atoms with van der Waals surface area (Å²) < 4.78 is 10.2. The lowest BCUT2D eigenvalue weighted by Gasteiger charge is -2.09. The average Bonchev–Trinajstić information content (AvgIpc) is 2.94. The minimum absolute atomic E-state index is 0.468. The number of imide groups is 1. The average molecular weight is 331 g/mol. The molecule has 0 bridgehead atoms. The number of hydrogen-bond acceptors (Lipinski definition) is 7. The first-order chi connectivity index (χ1) is 11.1. The Kier molecular flexibility index (Phi) is 4.16. The van der Waals surface area contributed by atoms with Gasteiger partial charge in [-0.2, -0.15) is 0 Å². The van der Waals surface area contributed by atoms with Gasteiger partial charge in [-0.25, -0.2) is 14.8 Å². The summed E-state index contributed by atoms with van der Waals surface area (Å²) in [5, 5.41) is 3.00. The summed E-state index contributed by atoms with van der Waals surface area (Å²) in [6.45, 7) is 1.67. The second-order valence-corrected chi connectivity index (χ2v) is 6.03. The summed E-state index contributed by atoms with van der Waals surface area (Å²) in [5.41, 5.74) is 1.92. The van der Waals surface area contributed by atoms with Crippen LogP contribution < -0.4 is 5.32 Å². The fourth-order valence-corrected chi connectivity index (χ4v) is 2.92. The molecule has 0 radical (unpaired) electrons. The fourth-order valence-electron chi connectivity index (χ4n) is 2.06. The monoisotopic (exact) mass is 331 g/mol. The highest BCUT2D eigenvalue weighted by atomic mass is 32.2. The van der Waals surface area contributed by atoms with Crippen molar-refractivity contribution in [2.24, 2.45) is 0 Å². The Bertz CT molecular complexity index is 893. The number of para-hydroxylation sites is 1. The standard InChI is InChI=1S/C15H13N3O4S/c1-8(13(19)18-15(20)21-2)23-14-12-11(16-7-17-14)9-5-3-4-6-10(9)22-12/h3-8H,1-2H3,(H,18,19,20)/t8-/m0/s1. The first-order valence-corrected chi connectivity index (χ1v) is 7.66. The third-order valence-corrected chi connectivity index (χ3v) is 4.28. The summed E-state index contributed by atoms with van der Waals surface area (Å²) in [6, 6.07) is 7.53. The van der Waals surface area contributed by atoms with Gasteiger partial charge in [-0.15, -0.1) is 0 Å². The molecule has 0 unspecified atom stereocenters. The summed E-state index contributed by atoms with van der Waals surface area (Å²) in [6.07, 6.45) is 0.636. The van der Waals surface area contributed by atoms with Crippen LogP contribution in [0.5, 0.6) is 0 Å². The van der Waals surface area contributed by atoms with Crippen LogP contribution in [0, 0.1) is 0 Å². The molecule has 1 atom stereocenters. The van der Waals surface area contributed by atoms with Crippen LogP contribution in [-0.4, -0.2) is 34.3 Å². The van der Waals surface area contributed by atoms with E-state index in [1.807, 2.05) is 24.3 Å². The van der Waals surface area contributed by atoms with Gasteiger partial charge in [-0.05, 0) is 19.1 Å². The first kappa shape index (κ1) is 15.3. The Hall–Kier alpha value is -2.61. The maximum absolute atomic E-state index is 11.9. The maximum Gasteiger partial charge on any atom is 0.413 e. The number of rotatable bonds is 3. The number of fused-ring (bicyclic) bond motifs is 3. The largest absolute Gasteiger partial charge is 0.453 e. The van der Waals surface area contributed by atoms with Crippen LogP contribution in [0.25, 0.3) is 22.1 Å². The highest BCUT2D eigenvalue weighted by Crippen LogP contribution is 2.33. The van der Waals surface area contributed by atoms with Crippen molar-refractivity contribution < 1.29 is 18.7 Å². The summed E-state index contributed by atoms with van der Waals surface area (Å²) in [4.78, 5) is 31.5. The van der Waals surface area contributed by atoms with Crippen LogP contribution in [0.3, 0.4) is 0 Å². The minimum Gasteiger partial charge on any atom is -0.453 e. The van der Waals surface area contributed by atoms with Crippen LogP contribution in [0.1, 0.15) is 6.92 Å². The highest BCUT2D eigenvalue weighted by Gasteiger charge is 2.21. The molecule has 0 aliphatic heterocycles. The quantitative estimate of drug-likeness (QED) is 0.582. The number of aromatic nitrogens is 2. The van der Waals surface area contributed by atoms with Crippen LogP contribution in [0.4, 0.5) is 4.79 Å². The minimum atomic E-state index is -0.793. The molecule has 2 heterocycles. The van der Waals surface area contributed by atoms with E-state index in [0.29, 0.717) is 21.7 Å². The Balaban J connectivity index is 1.91. The van der Waals surface area contributed by atoms with E-state index in [4.69, 9.17) is 4.42 Å². The lowest BCUT2D eigenvalue weighted by Crippen LogP contribution is -2.35.